The van der Waals surface area contributed by atoms with Gasteiger partial charge in [-0.1, -0.05) is 35.8 Å². The van der Waals surface area contributed by atoms with Gasteiger partial charge in [-0.05, 0) is 53.0 Å². The van der Waals surface area contributed by atoms with Crippen molar-refractivity contribution in [3.63, 3.8) is 0 Å². The molecule has 0 saturated heterocycles. The lowest BCUT2D eigenvalue weighted by molar-refractivity contribution is -0.158. The number of hydrogen-bond donors (Lipinski definition) is 3. The summed E-state index contributed by atoms with van der Waals surface area (Å²) < 4.78 is 0. The molecule has 2 unspecified atom stereocenters. The lowest BCUT2D eigenvalue weighted by Crippen LogP contribution is -2.49. The summed E-state index contributed by atoms with van der Waals surface area (Å²) in [4.78, 5) is 11.6. The molecule has 1 aliphatic carbocycles. The van der Waals surface area contributed by atoms with E-state index in [0.717, 1.165) is 18.4 Å². The maximum Gasteiger partial charge on any atom is 0.340 e. The lowest BCUT2D eigenvalue weighted by atomic mass is 9.73. The van der Waals surface area contributed by atoms with E-state index in [1.54, 1.807) is 19.9 Å². The average Bonchev–Trinajstić information content (AvgIpc) is 2.44. The topological polar surface area (TPSA) is 77.8 Å². The van der Waals surface area contributed by atoms with E-state index in [1.807, 2.05) is 26.8 Å². The quantitative estimate of drug-likeness (QED) is 0.638. The highest BCUT2D eigenvalue weighted by atomic mass is 16.4. The Balaban J connectivity index is 3.01. The SMILES string of the molecule is CC(C)=CCC/C(C)=C/CC1=C(O)C=C(C)C(C)C1(O)C(=O)O. The number of aliphatic carboxylic acids is 1. The molecule has 0 aromatic rings. The molecular formula is C19H28O4. The summed E-state index contributed by atoms with van der Waals surface area (Å²) in [5.74, 6) is -2.04. The van der Waals surface area contributed by atoms with Gasteiger partial charge >= 0.3 is 5.97 Å². The molecule has 0 aromatic heterocycles. The number of hydrogen-bond acceptors (Lipinski definition) is 3. The van der Waals surface area contributed by atoms with E-state index in [0.29, 0.717) is 5.57 Å². The van der Waals surface area contributed by atoms with E-state index < -0.39 is 17.5 Å². The molecule has 0 spiro atoms. The zero-order valence-corrected chi connectivity index (χ0v) is 14.7. The molecule has 0 fully saturated rings. The van der Waals surface area contributed by atoms with Crippen molar-refractivity contribution in [2.75, 3.05) is 0 Å². The first kappa shape index (κ1) is 19.2. The van der Waals surface area contributed by atoms with Crippen LogP contribution in [0.2, 0.25) is 0 Å². The maximum absolute atomic E-state index is 11.6. The van der Waals surface area contributed by atoms with Crippen LogP contribution in [0.1, 0.15) is 53.9 Å². The smallest absolute Gasteiger partial charge is 0.340 e. The predicted octanol–water partition coefficient (Wildman–Crippen LogP) is 4.29. The van der Waals surface area contributed by atoms with E-state index in [9.17, 15) is 20.1 Å². The Bertz CT molecular complexity index is 588. The molecule has 1 aliphatic rings. The van der Waals surface area contributed by atoms with Gasteiger partial charge in [0.15, 0.2) is 5.60 Å². The van der Waals surface area contributed by atoms with Gasteiger partial charge < -0.3 is 15.3 Å². The lowest BCUT2D eigenvalue weighted by Gasteiger charge is -2.36. The summed E-state index contributed by atoms with van der Waals surface area (Å²) in [5.41, 5.74) is 1.12. The molecule has 0 amide bonds. The normalized spacial score (nSPS) is 25.2. The van der Waals surface area contributed by atoms with Crippen LogP contribution in [0, 0.1) is 5.92 Å². The van der Waals surface area contributed by atoms with E-state index in [-0.39, 0.29) is 17.8 Å². The van der Waals surface area contributed by atoms with Crippen LogP contribution in [0.25, 0.3) is 0 Å². The maximum atomic E-state index is 11.6. The van der Waals surface area contributed by atoms with Crippen molar-refractivity contribution in [1.29, 1.82) is 0 Å². The first-order valence-corrected chi connectivity index (χ1v) is 7.96. The molecule has 0 saturated carbocycles. The van der Waals surface area contributed by atoms with Crippen molar-refractivity contribution >= 4 is 5.97 Å². The van der Waals surface area contributed by atoms with Crippen molar-refractivity contribution in [1.82, 2.24) is 0 Å². The van der Waals surface area contributed by atoms with Gasteiger partial charge in [0.1, 0.15) is 5.76 Å². The van der Waals surface area contributed by atoms with E-state index >= 15 is 0 Å². The first-order chi connectivity index (χ1) is 10.6. The number of carboxylic acids is 1. The monoisotopic (exact) mass is 320 g/mol. The van der Waals surface area contributed by atoms with E-state index in [1.165, 1.54) is 5.57 Å². The summed E-state index contributed by atoms with van der Waals surface area (Å²) in [6.45, 7) is 9.45. The molecule has 0 bridgehead atoms. The number of carbonyl (C=O) groups is 1. The Hall–Kier alpha value is -1.81. The summed E-state index contributed by atoms with van der Waals surface area (Å²) in [5, 5.41) is 30.3. The number of aliphatic hydroxyl groups is 2. The van der Waals surface area contributed by atoms with Crippen LogP contribution in [0.15, 0.2) is 46.3 Å². The molecule has 0 aliphatic heterocycles. The highest BCUT2D eigenvalue weighted by Gasteiger charge is 2.48. The Labute approximate surface area is 138 Å². The van der Waals surface area contributed by atoms with Crippen LogP contribution in [0.5, 0.6) is 0 Å². The van der Waals surface area contributed by atoms with Crippen LogP contribution >= 0.6 is 0 Å². The minimum Gasteiger partial charge on any atom is -0.508 e. The standard InChI is InChI=1S/C19H28O4/c1-12(2)7-6-8-13(3)9-10-16-17(20)11-14(4)15(5)19(16,23)18(21)22/h7,9,11,15,20,23H,6,8,10H2,1-5H3,(H,21,22)/b13-9+. The first-order valence-electron chi connectivity index (χ1n) is 7.96. The zero-order valence-electron chi connectivity index (χ0n) is 14.7. The fraction of sp³-hybridized carbons (Fsp3) is 0.526. The summed E-state index contributed by atoms with van der Waals surface area (Å²) in [7, 11) is 0. The highest BCUT2D eigenvalue weighted by molar-refractivity contribution is 5.83. The third kappa shape index (κ3) is 4.35. The number of aliphatic hydroxyl groups excluding tert-OH is 1. The molecule has 0 radical (unpaired) electrons. The third-order valence-electron chi connectivity index (χ3n) is 4.52. The van der Waals surface area contributed by atoms with Crippen LogP contribution in [0.4, 0.5) is 0 Å². The van der Waals surface area contributed by atoms with Gasteiger partial charge in [-0.25, -0.2) is 4.79 Å². The fourth-order valence-electron chi connectivity index (χ4n) is 2.76. The van der Waals surface area contributed by atoms with Gasteiger partial charge in [0.2, 0.25) is 0 Å². The van der Waals surface area contributed by atoms with Gasteiger partial charge in [0, 0.05) is 11.5 Å². The van der Waals surface area contributed by atoms with Gasteiger partial charge in [0.05, 0.1) is 0 Å². The van der Waals surface area contributed by atoms with Gasteiger partial charge in [0.25, 0.3) is 0 Å². The van der Waals surface area contributed by atoms with Crippen LogP contribution in [-0.4, -0.2) is 26.9 Å². The summed E-state index contributed by atoms with van der Waals surface area (Å²) in [6.07, 6.45) is 7.60. The fourth-order valence-corrected chi connectivity index (χ4v) is 2.76. The molecule has 3 N–H and O–H groups in total. The van der Waals surface area contributed by atoms with Crippen molar-refractivity contribution in [2.24, 2.45) is 5.92 Å². The molecule has 0 heterocycles. The number of rotatable bonds is 6. The van der Waals surface area contributed by atoms with Crippen LogP contribution < -0.4 is 0 Å². The highest BCUT2D eigenvalue weighted by Crippen LogP contribution is 2.39. The van der Waals surface area contributed by atoms with Crippen molar-refractivity contribution in [3.05, 3.63) is 46.3 Å². The zero-order chi connectivity index (χ0) is 17.8. The minimum absolute atomic E-state index is 0.140. The number of allylic oxidation sites excluding steroid dienone is 5. The summed E-state index contributed by atoms with van der Waals surface area (Å²) in [6, 6.07) is 0. The molecule has 0 aromatic carbocycles. The molecule has 4 heteroatoms. The second-order valence-corrected chi connectivity index (χ2v) is 6.62. The van der Waals surface area contributed by atoms with Gasteiger partial charge in [-0.15, -0.1) is 0 Å². The van der Waals surface area contributed by atoms with E-state index in [4.69, 9.17) is 0 Å². The Morgan fingerprint density at radius 2 is 1.91 bits per heavy atom. The second kappa shape index (κ2) is 7.64. The summed E-state index contributed by atoms with van der Waals surface area (Å²) >= 11 is 0. The third-order valence-corrected chi connectivity index (χ3v) is 4.52. The van der Waals surface area contributed by atoms with E-state index in [2.05, 4.69) is 6.08 Å². The Kier molecular flexibility index (Phi) is 6.39. The van der Waals surface area contributed by atoms with Gasteiger partial charge in [-0.2, -0.15) is 0 Å². The number of carboxylic acid groups (broad SMARTS) is 1. The van der Waals surface area contributed by atoms with Crippen LogP contribution in [-0.2, 0) is 4.79 Å². The van der Waals surface area contributed by atoms with Crippen molar-refractivity contribution in [3.8, 4) is 0 Å². The Morgan fingerprint density at radius 1 is 1.30 bits per heavy atom. The minimum atomic E-state index is -2.06. The largest absolute Gasteiger partial charge is 0.508 e. The molecule has 128 valence electrons. The van der Waals surface area contributed by atoms with Crippen molar-refractivity contribution in [2.45, 2.75) is 59.5 Å². The van der Waals surface area contributed by atoms with Gasteiger partial charge in [-0.3, -0.25) is 0 Å². The Morgan fingerprint density at radius 3 is 2.43 bits per heavy atom. The van der Waals surface area contributed by atoms with Crippen LogP contribution in [0.3, 0.4) is 0 Å². The van der Waals surface area contributed by atoms with Crippen molar-refractivity contribution < 1.29 is 20.1 Å². The second-order valence-electron chi connectivity index (χ2n) is 6.62. The molecule has 1 rings (SSSR count). The molecule has 23 heavy (non-hydrogen) atoms. The molecule has 4 nitrogen and oxygen atoms in total. The molecular weight excluding hydrogens is 292 g/mol. The molecule has 2 atom stereocenters. The average molecular weight is 320 g/mol. The predicted molar refractivity (Wildman–Crippen MR) is 92.2 cm³/mol.